The zero-order valence-electron chi connectivity index (χ0n) is 18.1. The van der Waals surface area contributed by atoms with Crippen LogP contribution in [-0.4, -0.2) is 34.6 Å². The van der Waals surface area contributed by atoms with Crippen LogP contribution in [0.2, 0.25) is 0 Å². The van der Waals surface area contributed by atoms with Gasteiger partial charge in [-0.25, -0.2) is 0 Å². The van der Waals surface area contributed by atoms with E-state index in [0.717, 1.165) is 25.9 Å². The van der Waals surface area contributed by atoms with Crippen molar-refractivity contribution in [1.82, 2.24) is 4.90 Å². The maximum Gasteiger partial charge on any atom is 0.225 e. The van der Waals surface area contributed by atoms with Gasteiger partial charge in [-0.15, -0.1) is 0 Å². The summed E-state index contributed by atoms with van der Waals surface area (Å²) in [6.45, 7) is 10.5. The van der Waals surface area contributed by atoms with E-state index in [4.69, 9.17) is 0 Å². The average Bonchev–Trinajstić information content (AvgIpc) is 3.03. The molecule has 1 aromatic rings. The van der Waals surface area contributed by atoms with Gasteiger partial charge in [0.2, 0.25) is 5.91 Å². The lowest BCUT2D eigenvalue weighted by Gasteiger charge is -2.45. The van der Waals surface area contributed by atoms with E-state index in [1.54, 1.807) is 0 Å². The minimum Gasteiger partial charge on any atom is -0.390 e. The summed E-state index contributed by atoms with van der Waals surface area (Å²) in [4.78, 5) is 14.8. The number of likely N-dealkylation sites (tertiary alicyclic amines) is 1. The third kappa shape index (κ3) is 3.87. The fourth-order valence-corrected chi connectivity index (χ4v) is 5.84. The summed E-state index contributed by atoms with van der Waals surface area (Å²) in [6, 6.07) is 9.25. The number of hydrogen-bond donors (Lipinski definition) is 1. The predicted molar refractivity (Wildman–Crippen MR) is 113 cm³/mol. The number of carbonyl (C=O) groups excluding carboxylic acids is 1. The number of piperidine rings is 1. The van der Waals surface area contributed by atoms with Gasteiger partial charge in [0.05, 0.1) is 5.60 Å². The Hall–Kier alpha value is -1.35. The van der Waals surface area contributed by atoms with Crippen molar-refractivity contribution in [2.24, 2.45) is 11.3 Å². The van der Waals surface area contributed by atoms with Gasteiger partial charge in [-0.05, 0) is 79.7 Å². The van der Waals surface area contributed by atoms with Crippen molar-refractivity contribution < 1.29 is 9.90 Å². The molecule has 1 atom stereocenters. The van der Waals surface area contributed by atoms with E-state index in [1.807, 2.05) is 6.92 Å². The predicted octanol–water partition coefficient (Wildman–Crippen LogP) is 5.02. The number of hydrogen-bond acceptors (Lipinski definition) is 2. The molecule has 1 aliphatic heterocycles. The fourth-order valence-electron chi connectivity index (χ4n) is 5.84. The van der Waals surface area contributed by atoms with E-state index < -0.39 is 5.60 Å². The minimum atomic E-state index is -0.613. The standard InChI is InChI=1S/C25H37NO2/c1-23(2,3)21-7-5-6-18(14-21)19-8-9-25(17-19)10-12-26(13-11-25)22(27)20-15-24(4,28)16-20/h5-7,14,19-20,28H,8-13,15-17H2,1-4H3. The first kappa shape index (κ1) is 19.9. The Balaban J connectivity index is 1.36. The van der Waals surface area contributed by atoms with Crippen LogP contribution < -0.4 is 0 Å². The topological polar surface area (TPSA) is 40.5 Å². The van der Waals surface area contributed by atoms with E-state index in [1.165, 1.54) is 30.4 Å². The number of nitrogens with zero attached hydrogens (tertiary/aromatic N) is 1. The summed E-state index contributed by atoms with van der Waals surface area (Å²) in [6.07, 6.45) is 7.44. The summed E-state index contributed by atoms with van der Waals surface area (Å²) in [5.74, 6) is 1.01. The van der Waals surface area contributed by atoms with Crippen LogP contribution >= 0.6 is 0 Å². The van der Waals surface area contributed by atoms with E-state index >= 15 is 0 Å². The van der Waals surface area contributed by atoms with Gasteiger partial charge < -0.3 is 10.0 Å². The van der Waals surface area contributed by atoms with Crippen LogP contribution in [0.5, 0.6) is 0 Å². The maximum absolute atomic E-state index is 12.7. The van der Waals surface area contributed by atoms with Crippen molar-refractivity contribution in [1.29, 1.82) is 0 Å². The number of benzene rings is 1. The molecule has 1 amide bonds. The molecular weight excluding hydrogens is 346 g/mol. The molecule has 1 aromatic carbocycles. The van der Waals surface area contributed by atoms with Gasteiger partial charge in [0, 0.05) is 19.0 Å². The zero-order valence-corrected chi connectivity index (χ0v) is 18.1. The lowest BCUT2D eigenvalue weighted by molar-refractivity contribution is -0.151. The molecule has 3 aliphatic rings. The lowest BCUT2D eigenvalue weighted by Crippen LogP contribution is -2.52. The van der Waals surface area contributed by atoms with Crippen molar-refractivity contribution in [2.45, 2.75) is 89.6 Å². The number of amides is 1. The van der Waals surface area contributed by atoms with E-state index in [0.29, 0.717) is 24.2 Å². The Labute approximate surface area is 170 Å². The molecule has 0 bridgehead atoms. The molecular formula is C25H37NO2. The molecule has 0 radical (unpaired) electrons. The first-order valence-corrected chi connectivity index (χ1v) is 11.2. The second-order valence-electron chi connectivity index (χ2n) is 11.2. The van der Waals surface area contributed by atoms with Gasteiger partial charge in [-0.2, -0.15) is 0 Å². The van der Waals surface area contributed by atoms with E-state index in [-0.39, 0.29) is 17.2 Å². The normalized spacial score (nSPS) is 32.4. The molecule has 3 heteroatoms. The highest BCUT2D eigenvalue weighted by Crippen LogP contribution is 2.53. The Morgan fingerprint density at radius 2 is 1.79 bits per heavy atom. The van der Waals surface area contributed by atoms with Crippen molar-refractivity contribution in [2.75, 3.05) is 13.1 Å². The highest BCUT2D eigenvalue weighted by Gasteiger charge is 2.47. The molecule has 1 heterocycles. The first-order chi connectivity index (χ1) is 13.1. The maximum atomic E-state index is 12.7. The number of rotatable bonds is 2. The molecule has 28 heavy (non-hydrogen) atoms. The van der Waals surface area contributed by atoms with Gasteiger partial charge in [-0.3, -0.25) is 4.79 Å². The van der Waals surface area contributed by atoms with Crippen LogP contribution in [0, 0.1) is 11.3 Å². The summed E-state index contributed by atoms with van der Waals surface area (Å²) < 4.78 is 0. The number of carbonyl (C=O) groups is 1. The molecule has 154 valence electrons. The quantitative estimate of drug-likeness (QED) is 0.779. The zero-order chi connectivity index (χ0) is 20.2. The second kappa shape index (κ2) is 6.86. The Bertz CT molecular complexity index is 729. The molecule has 1 N–H and O–H groups in total. The molecule has 1 spiro atoms. The monoisotopic (exact) mass is 383 g/mol. The van der Waals surface area contributed by atoms with Crippen molar-refractivity contribution in [3.05, 3.63) is 35.4 Å². The van der Waals surface area contributed by atoms with Crippen LogP contribution in [0.1, 0.15) is 89.7 Å². The van der Waals surface area contributed by atoms with Crippen LogP contribution in [0.4, 0.5) is 0 Å². The van der Waals surface area contributed by atoms with Gasteiger partial charge in [0.1, 0.15) is 0 Å². The van der Waals surface area contributed by atoms with Crippen molar-refractivity contribution >= 4 is 5.91 Å². The third-order valence-electron chi connectivity index (χ3n) is 7.78. The Morgan fingerprint density at radius 3 is 2.39 bits per heavy atom. The smallest absolute Gasteiger partial charge is 0.225 e. The Kier molecular flexibility index (Phi) is 4.89. The summed E-state index contributed by atoms with van der Waals surface area (Å²) >= 11 is 0. The summed E-state index contributed by atoms with van der Waals surface area (Å²) in [5, 5.41) is 9.93. The van der Waals surface area contributed by atoms with E-state index in [2.05, 4.69) is 49.9 Å². The fraction of sp³-hybridized carbons (Fsp3) is 0.720. The van der Waals surface area contributed by atoms with Crippen LogP contribution in [-0.2, 0) is 10.2 Å². The highest BCUT2D eigenvalue weighted by atomic mass is 16.3. The molecule has 3 fully saturated rings. The molecule has 1 unspecified atom stereocenters. The molecule has 2 saturated carbocycles. The minimum absolute atomic E-state index is 0.0560. The molecule has 0 aromatic heterocycles. The van der Waals surface area contributed by atoms with Crippen LogP contribution in [0.15, 0.2) is 24.3 Å². The molecule has 1 saturated heterocycles. The van der Waals surface area contributed by atoms with Crippen molar-refractivity contribution in [3.63, 3.8) is 0 Å². The van der Waals surface area contributed by atoms with Crippen LogP contribution in [0.3, 0.4) is 0 Å². The van der Waals surface area contributed by atoms with Gasteiger partial charge in [0.25, 0.3) is 0 Å². The van der Waals surface area contributed by atoms with Gasteiger partial charge in [-0.1, -0.05) is 45.0 Å². The third-order valence-corrected chi connectivity index (χ3v) is 7.78. The molecule has 4 rings (SSSR count). The second-order valence-corrected chi connectivity index (χ2v) is 11.2. The molecule has 2 aliphatic carbocycles. The summed E-state index contributed by atoms with van der Waals surface area (Å²) in [7, 11) is 0. The largest absolute Gasteiger partial charge is 0.390 e. The number of aliphatic hydroxyl groups is 1. The Morgan fingerprint density at radius 1 is 1.11 bits per heavy atom. The SMILES string of the molecule is CC1(O)CC(C(=O)N2CCC3(CCC(c4cccc(C(C)(C)C)c4)C3)CC2)C1. The highest BCUT2D eigenvalue weighted by molar-refractivity contribution is 5.80. The van der Waals surface area contributed by atoms with Crippen molar-refractivity contribution in [3.8, 4) is 0 Å². The van der Waals surface area contributed by atoms with Gasteiger partial charge in [0.15, 0.2) is 0 Å². The summed E-state index contributed by atoms with van der Waals surface area (Å²) in [5.41, 5.74) is 2.97. The van der Waals surface area contributed by atoms with E-state index in [9.17, 15) is 9.90 Å². The first-order valence-electron chi connectivity index (χ1n) is 11.2. The molecule has 3 nitrogen and oxygen atoms in total. The lowest BCUT2D eigenvalue weighted by atomic mass is 9.70. The average molecular weight is 384 g/mol. The van der Waals surface area contributed by atoms with Crippen LogP contribution in [0.25, 0.3) is 0 Å². The van der Waals surface area contributed by atoms with Gasteiger partial charge >= 0.3 is 0 Å².